The molecule has 16 heavy (non-hydrogen) atoms. The molecule has 0 radical (unpaired) electrons. The monoisotopic (exact) mass is 303 g/mol. The number of hydrogen-bond acceptors (Lipinski definition) is 3. The van der Waals surface area contributed by atoms with Gasteiger partial charge in [-0.2, -0.15) is 12.6 Å². The third-order valence-corrected chi connectivity index (χ3v) is 3.30. The molecule has 1 aromatic rings. The van der Waals surface area contributed by atoms with Gasteiger partial charge in [0.25, 0.3) is 0 Å². The van der Waals surface area contributed by atoms with Crippen molar-refractivity contribution in [2.45, 2.75) is 13.0 Å². The van der Waals surface area contributed by atoms with Crippen LogP contribution in [0.4, 0.5) is 0 Å². The Balaban J connectivity index is 2.57. The van der Waals surface area contributed by atoms with Crippen LogP contribution in [0.1, 0.15) is 12.0 Å². The van der Waals surface area contributed by atoms with E-state index in [0.717, 1.165) is 35.5 Å². The SMILES string of the molecule is COc1ccc(CN(C)CCCS)cc1Br. The highest BCUT2D eigenvalue weighted by Crippen LogP contribution is 2.25. The van der Waals surface area contributed by atoms with Gasteiger partial charge in [-0.3, -0.25) is 0 Å². The fourth-order valence-corrected chi connectivity index (χ4v) is 2.27. The lowest BCUT2D eigenvalue weighted by Gasteiger charge is -2.16. The highest BCUT2D eigenvalue weighted by atomic mass is 79.9. The fourth-order valence-electron chi connectivity index (χ4n) is 1.54. The summed E-state index contributed by atoms with van der Waals surface area (Å²) < 4.78 is 6.21. The summed E-state index contributed by atoms with van der Waals surface area (Å²) in [6, 6.07) is 6.20. The minimum Gasteiger partial charge on any atom is -0.496 e. The summed E-state index contributed by atoms with van der Waals surface area (Å²) in [5.74, 6) is 1.82. The van der Waals surface area contributed by atoms with Crippen molar-refractivity contribution in [2.75, 3.05) is 26.5 Å². The largest absolute Gasteiger partial charge is 0.496 e. The Morgan fingerprint density at radius 2 is 2.19 bits per heavy atom. The molecule has 90 valence electrons. The highest BCUT2D eigenvalue weighted by molar-refractivity contribution is 9.10. The van der Waals surface area contributed by atoms with Gasteiger partial charge in [-0.1, -0.05) is 6.07 Å². The smallest absolute Gasteiger partial charge is 0.133 e. The van der Waals surface area contributed by atoms with Gasteiger partial charge in [-0.15, -0.1) is 0 Å². The van der Waals surface area contributed by atoms with E-state index in [1.54, 1.807) is 7.11 Å². The van der Waals surface area contributed by atoms with E-state index in [0.29, 0.717) is 0 Å². The quantitative estimate of drug-likeness (QED) is 0.810. The van der Waals surface area contributed by atoms with Crippen LogP contribution in [0, 0.1) is 0 Å². The molecule has 2 nitrogen and oxygen atoms in total. The minimum atomic E-state index is 0.877. The van der Waals surface area contributed by atoms with E-state index >= 15 is 0 Å². The average Bonchev–Trinajstić information content (AvgIpc) is 2.26. The standard InChI is InChI=1S/C12H18BrNOS/c1-14(6-3-7-16)9-10-4-5-12(15-2)11(13)8-10/h4-5,8,16H,3,6-7,9H2,1-2H3. The molecule has 0 saturated carbocycles. The van der Waals surface area contributed by atoms with Gasteiger partial charge in [0.2, 0.25) is 0 Å². The molecule has 0 N–H and O–H groups in total. The van der Waals surface area contributed by atoms with Crippen LogP contribution >= 0.6 is 28.6 Å². The van der Waals surface area contributed by atoms with Crippen molar-refractivity contribution in [2.24, 2.45) is 0 Å². The predicted molar refractivity (Wildman–Crippen MR) is 75.5 cm³/mol. The lowest BCUT2D eigenvalue weighted by atomic mass is 10.2. The Morgan fingerprint density at radius 1 is 1.44 bits per heavy atom. The molecule has 0 fully saturated rings. The highest BCUT2D eigenvalue weighted by Gasteiger charge is 2.03. The Labute approximate surface area is 112 Å². The van der Waals surface area contributed by atoms with Gasteiger partial charge in [0.05, 0.1) is 11.6 Å². The summed E-state index contributed by atoms with van der Waals surface area (Å²) in [5, 5.41) is 0. The maximum Gasteiger partial charge on any atom is 0.133 e. The first kappa shape index (κ1) is 13.9. The van der Waals surface area contributed by atoms with E-state index in [9.17, 15) is 0 Å². The number of thiol groups is 1. The van der Waals surface area contributed by atoms with E-state index in [2.05, 4.69) is 52.6 Å². The summed E-state index contributed by atoms with van der Waals surface area (Å²) in [5.41, 5.74) is 1.29. The molecular weight excluding hydrogens is 286 g/mol. The lowest BCUT2D eigenvalue weighted by Crippen LogP contribution is -2.19. The maximum absolute atomic E-state index is 5.20. The average molecular weight is 304 g/mol. The fraction of sp³-hybridized carbons (Fsp3) is 0.500. The molecule has 0 bridgehead atoms. The van der Waals surface area contributed by atoms with Gasteiger partial charge < -0.3 is 9.64 Å². The molecule has 1 aromatic carbocycles. The van der Waals surface area contributed by atoms with Crippen LogP contribution < -0.4 is 4.74 Å². The third kappa shape index (κ3) is 4.36. The van der Waals surface area contributed by atoms with Crippen molar-refractivity contribution in [3.8, 4) is 5.75 Å². The van der Waals surface area contributed by atoms with Gasteiger partial charge in [0.15, 0.2) is 0 Å². The first-order valence-electron chi connectivity index (χ1n) is 5.29. The predicted octanol–water partition coefficient (Wildman–Crippen LogP) is 3.21. The van der Waals surface area contributed by atoms with E-state index in [1.807, 2.05) is 6.07 Å². The van der Waals surface area contributed by atoms with Gasteiger partial charge in [-0.25, -0.2) is 0 Å². The van der Waals surface area contributed by atoms with Gasteiger partial charge in [0, 0.05) is 6.54 Å². The number of ether oxygens (including phenoxy) is 1. The Kier molecular flexibility index (Phi) is 6.24. The summed E-state index contributed by atoms with van der Waals surface area (Å²) >= 11 is 7.71. The summed E-state index contributed by atoms with van der Waals surface area (Å²) in [7, 11) is 3.81. The second kappa shape index (κ2) is 7.20. The van der Waals surface area contributed by atoms with Crippen LogP contribution in [0.5, 0.6) is 5.75 Å². The number of methoxy groups -OCH3 is 1. The molecule has 0 aliphatic carbocycles. The van der Waals surface area contributed by atoms with Gasteiger partial charge in [0.1, 0.15) is 5.75 Å². The third-order valence-electron chi connectivity index (χ3n) is 2.37. The minimum absolute atomic E-state index is 0.877. The Bertz CT molecular complexity index is 333. The number of halogens is 1. The molecule has 0 aliphatic rings. The van der Waals surface area contributed by atoms with Crippen molar-refractivity contribution in [3.05, 3.63) is 28.2 Å². The van der Waals surface area contributed by atoms with Gasteiger partial charge >= 0.3 is 0 Å². The topological polar surface area (TPSA) is 12.5 Å². The molecular formula is C12H18BrNOS. The van der Waals surface area contributed by atoms with E-state index < -0.39 is 0 Å². The molecule has 0 spiro atoms. The van der Waals surface area contributed by atoms with Crippen molar-refractivity contribution in [3.63, 3.8) is 0 Å². The van der Waals surface area contributed by atoms with Gasteiger partial charge in [-0.05, 0) is 59.4 Å². The zero-order chi connectivity index (χ0) is 12.0. The maximum atomic E-state index is 5.20. The molecule has 0 amide bonds. The van der Waals surface area contributed by atoms with E-state index in [-0.39, 0.29) is 0 Å². The van der Waals surface area contributed by atoms with Crippen molar-refractivity contribution < 1.29 is 4.74 Å². The summed E-state index contributed by atoms with van der Waals surface area (Å²) in [6.07, 6.45) is 1.12. The normalized spacial score (nSPS) is 10.8. The van der Waals surface area contributed by atoms with Crippen molar-refractivity contribution in [1.82, 2.24) is 4.90 Å². The van der Waals surface area contributed by atoms with Crippen LogP contribution in [0.15, 0.2) is 22.7 Å². The van der Waals surface area contributed by atoms with Crippen molar-refractivity contribution >= 4 is 28.6 Å². The molecule has 0 aromatic heterocycles. The second-order valence-corrected chi connectivity index (χ2v) is 5.09. The first-order chi connectivity index (χ1) is 7.67. The molecule has 0 aliphatic heterocycles. The van der Waals surface area contributed by atoms with Crippen LogP contribution in [0.2, 0.25) is 0 Å². The number of benzene rings is 1. The van der Waals surface area contributed by atoms with E-state index in [4.69, 9.17) is 4.74 Å². The molecule has 0 saturated heterocycles. The molecule has 4 heteroatoms. The zero-order valence-electron chi connectivity index (χ0n) is 9.74. The summed E-state index contributed by atoms with van der Waals surface area (Å²) in [6.45, 7) is 2.03. The molecule has 0 atom stereocenters. The van der Waals surface area contributed by atoms with E-state index in [1.165, 1.54) is 5.56 Å². The molecule has 1 rings (SSSR count). The number of rotatable bonds is 6. The lowest BCUT2D eigenvalue weighted by molar-refractivity contribution is 0.328. The van der Waals surface area contributed by atoms with Crippen LogP contribution in [0.25, 0.3) is 0 Å². The van der Waals surface area contributed by atoms with Crippen molar-refractivity contribution in [1.29, 1.82) is 0 Å². The number of nitrogens with zero attached hydrogens (tertiary/aromatic N) is 1. The Hall–Kier alpha value is -0.190. The van der Waals surface area contributed by atoms with Crippen LogP contribution in [-0.2, 0) is 6.54 Å². The second-order valence-electron chi connectivity index (χ2n) is 3.78. The first-order valence-corrected chi connectivity index (χ1v) is 6.71. The molecule has 0 unspecified atom stereocenters. The van der Waals surface area contributed by atoms with Crippen LogP contribution in [0.3, 0.4) is 0 Å². The summed E-state index contributed by atoms with van der Waals surface area (Å²) in [4.78, 5) is 2.30. The Morgan fingerprint density at radius 3 is 2.75 bits per heavy atom. The zero-order valence-corrected chi connectivity index (χ0v) is 12.2. The number of hydrogen-bond donors (Lipinski definition) is 1. The molecule has 0 heterocycles. The van der Waals surface area contributed by atoms with Crippen LogP contribution in [-0.4, -0.2) is 31.4 Å².